The minimum Gasteiger partial charge on any atom is -0.324 e. The summed E-state index contributed by atoms with van der Waals surface area (Å²) < 4.78 is 15.9. The van der Waals surface area contributed by atoms with E-state index >= 15 is 0 Å². The predicted molar refractivity (Wildman–Crippen MR) is 79.3 cm³/mol. The van der Waals surface area contributed by atoms with Crippen molar-refractivity contribution in [2.75, 3.05) is 0 Å². The first kappa shape index (κ1) is 15.0. The second-order valence-electron chi connectivity index (χ2n) is 4.75. The molecule has 0 fully saturated rings. The van der Waals surface area contributed by atoms with Crippen molar-refractivity contribution in [3.8, 4) is 0 Å². The Bertz CT molecular complexity index is 595. The second kappa shape index (κ2) is 6.37. The van der Waals surface area contributed by atoms with Gasteiger partial charge in [-0.25, -0.2) is 4.39 Å². The van der Waals surface area contributed by atoms with Gasteiger partial charge in [-0.15, -0.1) is 0 Å². The Morgan fingerprint density at radius 1 is 1.40 bits per heavy atom. The number of aromatic nitrogens is 2. The maximum absolute atomic E-state index is 14.0. The molecule has 0 radical (unpaired) electrons. The topological polar surface area (TPSA) is 43.8 Å². The molecule has 1 heterocycles. The highest BCUT2D eigenvalue weighted by Gasteiger charge is 2.16. The fourth-order valence-corrected chi connectivity index (χ4v) is 2.45. The molecule has 5 heteroatoms. The minimum absolute atomic E-state index is 0.108. The Morgan fingerprint density at radius 3 is 2.80 bits per heavy atom. The van der Waals surface area contributed by atoms with Gasteiger partial charge in [0.15, 0.2) is 0 Å². The summed E-state index contributed by atoms with van der Waals surface area (Å²) >= 11 is 5.80. The van der Waals surface area contributed by atoms with Crippen LogP contribution in [0.2, 0.25) is 5.02 Å². The van der Waals surface area contributed by atoms with Crippen molar-refractivity contribution in [2.45, 2.75) is 39.3 Å². The molecule has 0 aliphatic rings. The van der Waals surface area contributed by atoms with Gasteiger partial charge in [0.05, 0.1) is 10.7 Å². The third-order valence-corrected chi connectivity index (χ3v) is 3.68. The zero-order chi connectivity index (χ0) is 14.7. The number of halogens is 2. The normalized spacial score (nSPS) is 12.7. The molecule has 0 amide bonds. The molecule has 1 atom stereocenters. The van der Waals surface area contributed by atoms with Crippen LogP contribution in [0.4, 0.5) is 4.39 Å². The SMILES string of the molecule is CCc1cc(CC(N)c2cccc(Cl)c2F)n(CC)n1. The average molecular weight is 296 g/mol. The van der Waals surface area contributed by atoms with Crippen molar-refractivity contribution in [3.05, 3.63) is 52.1 Å². The van der Waals surface area contributed by atoms with Crippen LogP contribution in [0.25, 0.3) is 0 Å². The number of nitrogens with zero attached hydrogens (tertiary/aromatic N) is 2. The molecule has 108 valence electrons. The highest BCUT2D eigenvalue weighted by atomic mass is 35.5. The lowest BCUT2D eigenvalue weighted by atomic mass is 10.0. The average Bonchev–Trinajstić information content (AvgIpc) is 2.84. The van der Waals surface area contributed by atoms with Crippen LogP contribution < -0.4 is 5.73 Å². The van der Waals surface area contributed by atoms with Crippen molar-refractivity contribution in [1.29, 1.82) is 0 Å². The summed E-state index contributed by atoms with van der Waals surface area (Å²) in [4.78, 5) is 0. The van der Waals surface area contributed by atoms with Gasteiger partial charge in [-0.2, -0.15) is 5.10 Å². The van der Waals surface area contributed by atoms with Gasteiger partial charge < -0.3 is 5.73 Å². The highest BCUT2D eigenvalue weighted by molar-refractivity contribution is 6.30. The highest BCUT2D eigenvalue weighted by Crippen LogP contribution is 2.24. The van der Waals surface area contributed by atoms with Gasteiger partial charge in [0.25, 0.3) is 0 Å². The number of hydrogen-bond acceptors (Lipinski definition) is 2. The van der Waals surface area contributed by atoms with E-state index in [-0.39, 0.29) is 5.02 Å². The van der Waals surface area contributed by atoms with Crippen LogP contribution in [0.15, 0.2) is 24.3 Å². The van der Waals surface area contributed by atoms with E-state index in [2.05, 4.69) is 12.0 Å². The number of nitrogens with two attached hydrogens (primary N) is 1. The Kier molecular flexibility index (Phi) is 4.78. The van der Waals surface area contributed by atoms with Crippen LogP contribution >= 0.6 is 11.6 Å². The third kappa shape index (κ3) is 3.02. The number of hydrogen-bond donors (Lipinski definition) is 1. The van der Waals surface area contributed by atoms with Gasteiger partial charge in [-0.3, -0.25) is 4.68 Å². The van der Waals surface area contributed by atoms with Gasteiger partial charge in [-0.05, 0) is 25.5 Å². The fourth-order valence-electron chi connectivity index (χ4n) is 2.27. The van der Waals surface area contributed by atoms with E-state index in [1.54, 1.807) is 12.1 Å². The van der Waals surface area contributed by atoms with E-state index in [1.807, 2.05) is 17.7 Å². The Balaban J connectivity index is 2.25. The van der Waals surface area contributed by atoms with Crippen molar-refractivity contribution in [1.82, 2.24) is 9.78 Å². The van der Waals surface area contributed by atoms with Crippen molar-refractivity contribution < 1.29 is 4.39 Å². The summed E-state index contributed by atoms with van der Waals surface area (Å²) in [6.07, 6.45) is 1.42. The lowest BCUT2D eigenvalue weighted by Crippen LogP contribution is -2.17. The Hall–Kier alpha value is -1.39. The van der Waals surface area contributed by atoms with E-state index in [9.17, 15) is 4.39 Å². The first-order valence-electron chi connectivity index (χ1n) is 6.81. The lowest BCUT2D eigenvalue weighted by Gasteiger charge is -2.14. The van der Waals surface area contributed by atoms with Crippen LogP contribution in [-0.2, 0) is 19.4 Å². The summed E-state index contributed by atoms with van der Waals surface area (Å²) in [6, 6.07) is 6.53. The summed E-state index contributed by atoms with van der Waals surface area (Å²) in [5, 5.41) is 4.58. The first-order chi connectivity index (χ1) is 9.56. The Labute approximate surface area is 123 Å². The standard InChI is InChI=1S/C15H19ClFN3/c1-3-10-8-11(20(4-2)19-10)9-14(18)12-6-5-7-13(16)15(12)17/h5-8,14H,3-4,9,18H2,1-2H3. The van der Waals surface area contributed by atoms with E-state index in [0.717, 1.165) is 24.4 Å². The molecule has 0 bridgehead atoms. The molecule has 2 N–H and O–H groups in total. The van der Waals surface area contributed by atoms with E-state index in [1.165, 1.54) is 6.07 Å². The molecule has 1 unspecified atom stereocenters. The summed E-state index contributed by atoms with van der Waals surface area (Å²) in [5.41, 5.74) is 8.63. The maximum atomic E-state index is 14.0. The van der Waals surface area contributed by atoms with Gasteiger partial charge >= 0.3 is 0 Å². The molecule has 20 heavy (non-hydrogen) atoms. The number of rotatable bonds is 5. The van der Waals surface area contributed by atoms with E-state index in [4.69, 9.17) is 17.3 Å². The maximum Gasteiger partial charge on any atom is 0.146 e. The van der Waals surface area contributed by atoms with Gasteiger partial charge in [0.2, 0.25) is 0 Å². The molecule has 2 aromatic rings. The lowest BCUT2D eigenvalue weighted by molar-refractivity contribution is 0.555. The Morgan fingerprint density at radius 2 is 2.15 bits per heavy atom. The summed E-state index contributed by atoms with van der Waals surface area (Å²) in [6.45, 7) is 4.87. The summed E-state index contributed by atoms with van der Waals surface area (Å²) in [5.74, 6) is -0.431. The van der Waals surface area contributed by atoms with Crippen LogP contribution in [0.5, 0.6) is 0 Å². The molecule has 3 nitrogen and oxygen atoms in total. The molecular weight excluding hydrogens is 277 g/mol. The van der Waals surface area contributed by atoms with Gasteiger partial charge in [0, 0.05) is 30.3 Å². The second-order valence-corrected chi connectivity index (χ2v) is 5.16. The smallest absolute Gasteiger partial charge is 0.146 e. The molecule has 0 aliphatic heterocycles. The minimum atomic E-state index is -0.431. The number of benzene rings is 1. The van der Waals surface area contributed by atoms with Crippen molar-refractivity contribution >= 4 is 11.6 Å². The third-order valence-electron chi connectivity index (χ3n) is 3.39. The van der Waals surface area contributed by atoms with Crippen LogP contribution in [0, 0.1) is 5.82 Å². The molecule has 0 saturated heterocycles. The largest absolute Gasteiger partial charge is 0.324 e. The quantitative estimate of drug-likeness (QED) is 0.917. The zero-order valence-electron chi connectivity index (χ0n) is 11.7. The molecule has 1 aromatic heterocycles. The molecule has 0 spiro atoms. The molecule has 0 aliphatic carbocycles. The van der Waals surface area contributed by atoms with Crippen LogP contribution in [-0.4, -0.2) is 9.78 Å². The zero-order valence-corrected chi connectivity index (χ0v) is 12.5. The van der Waals surface area contributed by atoms with Crippen LogP contribution in [0.3, 0.4) is 0 Å². The monoisotopic (exact) mass is 295 g/mol. The van der Waals surface area contributed by atoms with Gasteiger partial charge in [-0.1, -0.05) is 30.7 Å². The van der Waals surface area contributed by atoms with Crippen LogP contribution in [0.1, 0.15) is 36.8 Å². The van der Waals surface area contributed by atoms with Crippen molar-refractivity contribution in [2.24, 2.45) is 5.73 Å². The number of aryl methyl sites for hydroxylation is 2. The van der Waals surface area contributed by atoms with E-state index < -0.39 is 11.9 Å². The molecule has 0 saturated carbocycles. The molecule has 1 aromatic carbocycles. The fraction of sp³-hybridized carbons (Fsp3) is 0.400. The summed E-state index contributed by atoms with van der Waals surface area (Å²) in [7, 11) is 0. The molecular formula is C15H19ClFN3. The predicted octanol–water partition coefficient (Wildman–Crippen LogP) is 3.50. The first-order valence-corrected chi connectivity index (χ1v) is 7.19. The van der Waals surface area contributed by atoms with Crippen molar-refractivity contribution in [3.63, 3.8) is 0 Å². The van der Waals surface area contributed by atoms with E-state index in [0.29, 0.717) is 12.0 Å². The van der Waals surface area contributed by atoms with Gasteiger partial charge in [0.1, 0.15) is 5.82 Å². The molecule has 2 rings (SSSR count).